The molecule has 6 nitrogen and oxygen atoms in total. The zero-order valence-electron chi connectivity index (χ0n) is 15.8. The van der Waals surface area contributed by atoms with Crippen molar-refractivity contribution in [2.75, 3.05) is 57.9 Å². The van der Waals surface area contributed by atoms with E-state index < -0.39 is 0 Å². The van der Waals surface area contributed by atoms with E-state index in [9.17, 15) is 0 Å². The minimum atomic E-state index is 0.562. The molecule has 1 saturated heterocycles. The smallest absolute Gasteiger partial charge is 0.191 e. The van der Waals surface area contributed by atoms with E-state index in [1.54, 1.807) is 7.11 Å². The number of nitrogens with zero attached hydrogens (tertiary/aromatic N) is 2. The monoisotopic (exact) mass is 348 g/mol. The number of guanidine groups is 1. The van der Waals surface area contributed by atoms with Crippen molar-refractivity contribution in [2.24, 2.45) is 10.9 Å². The maximum absolute atomic E-state index is 5.49. The minimum absolute atomic E-state index is 0.562. The zero-order chi connectivity index (χ0) is 17.9. The number of aliphatic imine (C=N–C) groups is 1. The first-order valence-corrected chi connectivity index (χ1v) is 9.26. The van der Waals surface area contributed by atoms with Gasteiger partial charge in [-0.25, -0.2) is 0 Å². The molecule has 1 fully saturated rings. The fourth-order valence-electron chi connectivity index (χ4n) is 3.04. The lowest BCUT2D eigenvalue weighted by molar-refractivity contribution is 0.152. The molecule has 1 heterocycles. The number of hydrogen-bond acceptors (Lipinski definition) is 4. The van der Waals surface area contributed by atoms with Gasteiger partial charge in [0.2, 0.25) is 0 Å². The molecule has 0 radical (unpaired) electrons. The van der Waals surface area contributed by atoms with Crippen LogP contribution in [0.3, 0.4) is 0 Å². The molecule has 1 atom stereocenters. The average Bonchev–Trinajstić information content (AvgIpc) is 3.12. The van der Waals surface area contributed by atoms with Crippen molar-refractivity contribution in [1.29, 1.82) is 0 Å². The van der Waals surface area contributed by atoms with Gasteiger partial charge in [-0.1, -0.05) is 12.1 Å². The molecule has 2 rings (SSSR count). The lowest BCUT2D eigenvalue weighted by Crippen LogP contribution is -2.39. The second-order valence-electron chi connectivity index (χ2n) is 6.12. The Morgan fingerprint density at radius 2 is 2.12 bits per heavy atom. The fraction of sp³-hybridized carbons (Fsp3) is 0.632. The van der Waals surface area contributed by atoms with Crippen LogP contribution in [0.25, 0.3) is 0 Å². The van der Waals surface area contributed by atoms with Gasteiger partial charge < -0.3 is 25.0 Å². The van der Waals surface area contributed by atoms with E-state index in [-0.39, 0.29) is 0 Å². The molecule has 0 aliphatic carbocycles. The Morgan fingerprint density at radius 3 is 2.88 bits per heavy atom. The summed E-state index contributed by atoms with van der Waals surface area (Å²) < 4.78 is 10.8. The first-order valence-electron chi connectivity index (χ1n) is 9.26. The standard InChI is InChI=1S/C19H32N4O2/c1-4-20-19(21-11-13-25-5-2)22-14-16-10-12-23(15-16)17-8-6-7-9-18(17)24-3/h6-9,16H,4-5,10-15H2,1-3H3,(H2,20,21,22). The van der Waals surface area contributed by atoms with Gasteiger partial charge in [0.05, 0.1) is 19.4 Å². The van der Waals surface area contributed by atoms with Crippen LogP contribution in [0, 0.1) is 5.92 Å². The molecule has 0 amide bonds. The van der Waals surface area contributed by atoms with Crippen LogP contribution in [0.2, 0.25) is 0 Å². The van der Waals surface area contributed by atoms with Crippen molar-refractivity contribution in [2.45, 2.75) is 20.3 Å². The van der Waals surface area contributed by atoms with Crippen molar-refractivity contribution >= 4 is 11.6 Å². The zero-order valence-corrected chi connectivity index (χ0v) is 15.8. The molecule has 0 spiro atoms. The van der Waals surface area contributed by atoms with Crippen LogP contribution in [0.1, 0.15) is 20.3 Å². The van der Waals surface area contributed by atoms with Crippen LogP contribution in [0.5, 0.6) is 5.75 Å². The first-order chi connectivity index (χ1) is 12.3. The SMILES string of the molecule is CCNC(=NCC1CCN(c2ccccc2OC)C1)NCCOCC. The molecule has 140 valence electrons. The average molecular weight is 348 g/mol. The van der Waals surface area contributed by atoms with Crippen LogP contribution in [-0.4, -0.2) is 59.0 Å². The third-order valence-corrected chi connectivity index (χ3v) is 4.31. The van der Waals surface area contributed by atoms with Crippen LogP contribution in [0.15, 0.2) is 29.3 Å². The largest absolute Gasteiger partial charge is 0.495 e. The number of ether oxygens (including phenoxy) is 2. The predicted molar refractivity (Wildman–Crippen MR) is 104 cm³/mol. The van der Waals surface area contributed by atoms with E-state index in [4.69, 9.17) is 14.5 Å². The molecule has 1 aromatic rings. The highest BCUT2D eigenvalue weighted by molar-refractivity contribution is 5.79. The summed E-state index contributed by atoms with van der Waals surface area (Å²) in [6.45, 7) is 10.1. The van der Waals surface area contributed by atoms with E-state index in [1.165, 1.54) is 5.69 Å². The topological polar surface area (TPSA) is 58.1 Å². The summed E-state index contributed by atoms with van der Waals surface area (Å²) in [6.07, 6.45) is 1.15. The normalized spacial score (nSPS) is 17.6. The number of para-hydroxylation sites is 2. The van der Waals surface area contributed by atoms with Gasteiger partial charge in [0.15, 0.2) is 5.96 Å². The summed E-state index contributed by atoms with van der Waals surface area (Å²) in [4.78, 5) is 7.14. The Kier molecular flexibility index (Phi) is 8.39. The summed E-state index contributed by atoms with van der Waals surface area (Å²) in [6, 6.07) is 8.22. The molecule has 0 bridgehead atoms. The van der Waals surface area contributed by atoms with Crippen LogP contribution < -0.4 is 20.3 Å². The summed E-state index contributed by atoms with van der Waals surface area (Å²) in [5.74, 6) is 2.38. The molecule has 0 saturated carbocycles. The molecule has 1 unspecified atom stereocenters. The maximum atomic E-state index is 5.49. The van der Waals surface area contributed by atoms with E-state index in [1.807, 2.05) is 19.1 Å². The van der Waals surface area contributed by atoms with Crippen LogP contribution >= 0.6 is 0 Å². The highest BCUT2D eigenvalue weighted by Gasteiger charge is 2.24. The van der Waals surface area contributed by atoms with Gasteiger partial charge in [0, 0.05) is 39.3 Å². The third kappa shape index (κ3) is 6.12. The summed E-state index contributed by atoms with van der Waals surface area (Å²) in [5.41, 5.74) is 1.18. The van der Waals surface area contributed by atoms with Crippen molar-refractivity contribution < 1.29 is 9.47 Å². The molecule has 1 aliphatic rings. The van der Waals surface area contributed by atoms with Gasteiger partial charge >= 0.3 is 0 Å². The van der Waals surface area contributed by atoms with E-state index in [0.717, 1.165) is 57.5 Å². The maximum Gasteiger partial charge on any atom is 0.191 e. The Balaban J connectivity index is 1.85. The van der Waals surface area contributed by atoms with Crippen molar-refractivity contribution in [3.63, 3.8) is 0 Å². The van der Waals surface area contributed by atoms with Gasteiger partial charge in [-0.15, -0.1) is 0 Å². The number of hydrogen-bond donors (Lipinski definition) is 2. The molecular formula is C19H32N4O2. The number of nitrogens with one attached hydrogen (secondary N) is 2. The van der Waals surface area contributed by atoms with E-state index >= 15 is 0 Å². The molecule has 1 aromatic carbocycles. The number of benzene rings is 1. The van der Waals surface area contributed by atoms with Crippen molar-refractivity contribution in [3.05, 3.63) is 24.3 Å². The summed E-state index contributed by atoms with van der Waals surface area (Å²) in [5, 5.41) is 6.62. The fourth-order valence-corrected chi connectivity index (χ4v) is 3.04. The highest BCUT2D eigenvalue weighted by atomic mass is 16.5. The quantitative estimate of drug-likeness (QED) is 0.407. The van der Waals surface area contributed by atoms with Crippen molar-refractivity contribution in [3.8, 4) is 5.75 Å². The van der Waals surface area contributed by atoms with Crippen molar-refractivity contribution in [1.82, 2.24) is 10.6 Å². The lowest BCUT2D eigenvalue weighted by atomic mass is 10.1. The molecule has 2 N–H and O–H groups in total. The van der Waals surface area contributed by atoms with Crippen LogP contribution in [-0.2, 0) is 4.74 Å². The Morgan fingerprint density at radius 1 is 1.28 bits per heavy atom. The number of anilines is 1. The summed E-state index contributed by atoms with van der Waals surface area (Å²) in [7, 11) is 1.73. The Labute approximate surface area is 151 Å². The lowest BCUT2D eigenvalue weighted by Gasteiger charge is -2.21. The third-order valence-electron chi connectivity index (χ3n) is 4.31. The first kappa shape index (κ1) is 19.4. The minimum Gasteiger partial charge on any atom is -0.495 e. The second-order valence-corrected chi connectivity index (χ2v) is 6.12. The van der Waals surface area contributed by atoms with E-state index in [2.05, 4.69) is 34.6 Å². The van der Waals surface area contributed by atoms with E-state index in [0.29, 0.717) is 12.5 Å². The van der Waals surface area contributed by atoms with Gasteiger partial charge in [-0.2, -0.15) is 0 Å². The molecule has 25 heavy (non-hydrogen) atoms. The number of methoxy groups -OCH3 is 1. The van der Waals surface area contributed by atoms with Gasteiger partial charge in [0.25, 0.3) is 0 Å². The molecule has 0 aromatic heterocycles. The van der Waals surface area contributed by atoms with Gasteiger partial charge in [-0.3, -0.25) is 4.99 Å². The van der Waals surface area contributed by atoms with Gasteiger partial charge in [-0.05, 0) is 38.3 Å². The second kappa shape index (κ2) is 10.8. The summed E-state index contributed by atoms with van der Waals surface area (Å²) >= 11 is 0. The Hall–Kier alpha value is -1.95. The highest BCUT2D eigenvalue weighted by Crippen LogP contribution is 2.31. The predicted octanol–water partition coefficient (Wildman–Crippen LogP) is 2.11. The van der Waals surface area contributed by atoms with Crippen LogP contribution in [0.4, 0.5) is 5.69 Å². The molecule has 1 aliphatic heterocycles. The molecule has 6 heteroatoms. The van der Waals surface area contributed by atoms with Gasteiger partial charge in [0.1, 0.15) is 5.75 Å². The number of rotatable bonds is 9. The molecular weight excluding hydrogens is 316 g/mol. The Bertz CT molecular complexity index is 536.